The van der Waals surface area contributed by atoms with Crippen molar-refractivity contribution < 1.29 is 4.21 Å². The quantitative estimate of drug-likeness (QED) is 0.715. The first-order valence-electron chi connectivity index (χ1n) is 4.37. The number of aryl methyl sites for hydroxylation is 1. The van der Waals surface area contributed by atoms with Gasteiger partial charge < -0.3 is 0 Å². The minimum Gasteiger partial charge on any atom is -0.256 e. The number of benzene rings is 1. The lowest BCUT2D eigenvalue weighted by Gasteiger charge is -2.02. The van der Waals surface area contributed by atoms with Crippen LogP contribution in [-0.4, -0.2) is 15.4 Å². The number of pyridine rings is 1. The average Bonchev–Trinajstić information content (AvgIpc) is 2.18. The summed E-state index contributed by atoms with van der Waals surface area (Å²) in [5.74, 6) is 0. The van der Waals surface area contributed by atoms with Gasteiger partial charge in [-0.2, -0.15) is 0 Å². The van der Waals surface area contributed by atoms with Crippen molar-refractivity contribution in [2.24, 2.45) is 0 Å². The molecule has 0 fully saturated rings. The highest BCUT2D eigenvalue weighted by Gasteiger charge is 2.01. The molecule has 0 aliphatic rings. The smallest absolute Gasteiger partial charge is 0.0705 e. The van der Waals surface area contributed by atoms with Crippen molar-refractivity contribution in [1.29, 1.82) is 0 Å². The second kappa shape index (κ2) is 3.50. The molecule has 1 unspecified atom stereocenters. The Morgan fingerprint density at radius 2 is 2.07 bits per heavy atom. The third-order valence-electron chi connectivity index (χ3n) is 2.26. The van der Waals surface area contributed by atoms with Crippen LogP contribution in [0.3, 0.4) is 0 Å². The highest BCUT2D eigenvalue weighted by Crippen LogP contribution is 2.18. The summed E-state index contributed by atoms with van der Waals surface area (Å²) in [6, 6.07) is 7.70. The zero-order valence-corrected chi connectivity index (χ0v) is 8.97. The molecule has 3 heteroatoms. The minimum atomic E-state index is -0.921. The lowest BCUT2D eigenvalue weighted by atomic mass is 10.1. The molecule has 0 aliphatic heterocycles. The summed E-state index contributed by atoms with van der Waals surface area (Å²) >= 11 is 0. The van der Waals surface area contributed by atoms with Gasteiger partial charge in [0.05, 0.1) is 5.52 Å². The van der Waals surface area contributed by atoms with Gasteiger partial charge in [-0.3, -0.25) is 9.19 Å². The van der Waals surface area contributed by atoms with Crippen LogP contribution >= 0.6 is 0 Å². The highest BCUT2D eigenvalue weighted by atomic mass is 32.2. The van der Waals surface area contributed by atoms with Crippen molar-refractivity contribution >= 4 is 21.7 Å². The second-order valence-electron chi connectivity index (χ2n) is 3.26. The molecule has 1 atom stereocenters. The lowest BCUT2D eigenvalue weighted by molar-refractivity contribution is 0.687. The van der Waals surface area contributed by atoms with Gasteiger partial charge in [0.2, 0.25) is 0 Å². The number of fused-ring (bicyclic) bond motifs is 1. The molecule has 0 radical (unpaired) electrons. The molecule has 0 amide bonds. The maximum atomic E-state index is 11.3. The van der Waals surface area contributed by atoms with Crippen LogP contribution in [0, 0.1) is 6.92 Å². The van der Waals surface area contributed by atoms with E-state index in [0.717, 1.165) is 15.8 Å². The van der Waals surface area contributed by atoms with E-state index in [-0.39, 0.29) is 0 Å². The summed E-state index contributed by atoms with van der Waals surface area (Å²) in [5.41, 5.74) is 2.13. The predicted octanol–water partition coefficient (Wildman–Crippen LogP) is 2.28. The average molecular weight is 205 g/mol. The summed E-state index contributed by atoms with van der Waals surface area (Å²) in [6.07, 6.45) is 3.48. The van der Waals surface area contributed by atoms with Crippen LogP contribution in [0.1, 0.15) is 5.56 Å². The molecule has 2 rings (SSSR count). The number of aromatic nitrogens is 1. The van der Waals surface area contributed by atoms with Crippen molar-refractivity contribution in [3.8, 4) is 0 Å². The third-order valence-corrected chi connectivity index (χ3v) is 3.18. The van der Waals surface area contributed by atoms with Crippen LogP contribution in [0.25, 0.3) is 10.9 Å². The van der Waals surface area contributed by atoms with Gasteiger partial charge in [-0.1, -0.05) is 0 Å². The molecule has 0 N–H and O–H groups in total. The maximum Gasteiger partial charge on any atom is 0.0705 e. The monoisotopic (exact) mass is 205 g/mol. The molecular formula is C11H11NOS. The fourth-order valence-corrected chi connectivity index (χ4v) is 1.99. The van der Waals surface area contributed by atoms with Crippen molar-refractivity contribution in [2.75, 3.05) is 6.26 Å². The van der Waals surface area contributed by atoms with E-state index in [1.807, 2.05) is 31.2 Å². The Morgan fingerprint density at radius 3 is 2.79 bits per heavy atom. The number of hydrogen-bond donors (Lipinski definition) is 0. The van der Waals surface area contributed by atoms with Crippen molar-refractivity contribution in [3.63, 3.8) is 0 Å². The molecule has 2 aromatic rings. The Kier molecular flexibility index (Phi) is 2.33. The van der Waals surface area contributed by atoms with Gasteiger partial charge >= 0.3 is 0 Å². The normalized spacial score (nSPS) is 13.0. The first-order chi connectivity index (χ1) is 6.68. The number of rotatable bonds is 1. The van der Waals surface area contributed by atoms with E-state index < -0.39 is 10.8 Å². The second-order valence-corrected chi connectivity index (χ2v) is 4.64. The molecule has 72 valence electrons. The molecular weight excluding hydrogens is 194 g/mol. The van der Waals surface area contributed by atoms with Gasteiger partial charge in [0, 0.05) is 33.5 Å². The Bertz CT molecular complexity index is 508. The van der Waals surface area contributed by atoms with Crippen LogP contribution in [0.15, 0.2) is 35.4 Å². The van der Waals surface area contributed by atoms with E-state index >= 15 is 0 Å². The van der Waals surface area contributed by atoms with E-state index in [2.05, 4.69) is 4.98 Å². The molecule has 1 aromatic carbocycles. The fourth-order valence-electron chi connectivity index (χ4n) is 1.44. The number of nitrogens with zero attached hydrogens (tertiary/aromatic N) is 1. The molecule has 2 nitrogen and oxygen atoms in total. The fraction of sp³-hybridized carbons (Fsp3) is 0.182. The Hall–Kier alpha value is -1.22. The van der Waals surface area contributed by atoms with Crippen molar-refractivity contribution in [2.45, 2.75) is 11.8 Å². The number of hydrogen-bond acceptors (Lipinski definition) is 2. The van der Waals surface area contributed by atoms with E-state index in [4.69, 9.17) is 0 Å². The van der Waals surface area contributed by atoms with E-state index in [9.17, 15) is 4.21 Å². The van der Waals surface area contributed by atoms with Crippen LogP contribution in [0.2, 0.25) is 0 Å². The summed E-state index contributed by atoms with van der Waals surface area (Å²) in [4.78, 5) is 5.10. The van der Waals surface area contributed by atoms with Gasteiger partial charge in [-0.05, 0) is 36.8 Å². The molecule has 0 spiro atoms. The standard InChI is InChI=1S/C11H11NOS/c1-8-5-6-12-11-4-3-9(14(2)13)7-10(8)11/h3-7H,1-2H3. The van der Waals surface area contributed by atoms with Gasteiger partial charge in [-0.15, -0.1) is 0 Å². The van der Waals surface area contributed by atoms with Crippen molar-refractivity contribution in [1.82, 2.24) is 4.98 Å². The highest BCUT2D eigenvalue weighted by molar-refractivity contribution is 7.84. The summed E-state index contributed by atoms with van der Waals surface area (Å²) in [5, 5.41) is 1.08. The summed E-state index contributed by atoms with van der Waals surface area (Å²) < 4.78 is 11.3. The summed E-state index contributed by atoms with van der Waals surface area (Å²) in [6.45, 7) is 2.03. The maximum absolute atomic E-state index is 11.3. The topological polar surface area (TPSA) is 30.0 Å². The predicted molar refractivity (Wildman–Crippen MR) is 58.8 cm³/mol. The van der Waals surface area contributed by atoms with Crippen LogP contribution in [-0.2, 0) is 10.8 Å². The van der Waals surface area contributed by atoms with Crippen LogP contribution < -0.4 is 0 Å². The summed E-state index contributed by atoms with van der Waals surface area (Å²) in [7, 11) is -0.921. The first-order valence-corrected chi connectivity index (χ1v) is 5.93. The Labute approximate surface area is 85.4 Å². The zero-order chi connectivity index (χ0) is 10.1. The van der Waals surface area contributed by atoms with Gasteiger partial charge in [0.1, 0.15) is 0 Å². The largest absolute Gasteiger partial charge is 0.256 e. The Balaban J connectivity index is 2.76. The lowest BCUT2D eigenvalue weighted by Crippen LogP contribution is -1.89. The van der Waals surface area contributed by atoms with Gasteiger partial charge in [0.15, 0.2) is 0 Å². The molecule has 1 heterocycles. The molecule has 0 bridgehead atoms. The molecule has 14 heavy (non-hydrogen) atoms. The first kappa shape index (κ1) is 9.34. The molecule has 0 aliphatic carbocycles. The van der Waals surface area contributed by atoms with E-state index in [0.29, 0.717) is 0 Å². The third kappa shape index (κ3) is 1.55. The van der Waals surface area contributed by atoms with Gasteiger partial charge in [0.25, 0.3) is 0 Å². The molecule has 1 aromatic heterocycles. The van der Waals surface area contributed by atoms with E-state index in [1.165, 1.54) is 5.56 Å². The van der Waals surface area contributed by atoms with Crippen LogP contribution in [0.4, 0.5) is 0 Å². The SMILES string of the molecule is Cc1ccnc2ccc(S(C)=O)cc12. The molecule has 0 saturated heterocycles. The minimum absolute atomic E-state index is 0.855. The van der Waals surface area contributed by atoms with Crippen LogP contribution in [0.5, 0.6) is 0 Å². The zero-order valence-electron chi connectivity index (χ0n) is 8.15. The molecule has 0 saturated carbocycles. The van der Waals surface area contributed by atoms with Gasteiger partial charge in [-0.25, -0.2) is 0 Å². The Morgan fingerprint density at radius 1 is 1.29 bits per heavy atom. The van der Waals surface area contributed by atoms with Crippen molar-refractivity contribution in [3.05, 3.63) is 36.0 Å². The van der Waals surface area contributed by atoms with E-state index in [1.54, 1.807) is 12.5 Å².